The lowest BCUT2D eigenvalue weighted by molar-refractivity contribution is 0.0955. The van der Waals surface area contributed by atoms with Crippen molar-refractivity contribution in [1.29, 1.82) is 0 Å². The number of carbonyl (C=O) groups excluding carboxylic acids is 1. The molecule has 0 radical (unpaired) electrons. The molecule has 1 aromatic carbocycles. The van der Waals surface area contributed by atoms with E-state index >= 15 is 0 Å². The van der Waals surface area contributed by atoms with Crippen LogP contribution < -0.4 is 15.4 Å². The molecule has 0 spiro atoms. The molecule has 8 nitrogen and oxygen atoms in total. The Labute approximate surface area is 174 Å². The molecule has 3 aromatic rings. The quantitative estimate of drug-likeness (QED) is 0.588. The summed E-state index contributed by atoms with van der Waals surface area (Å²) in [7, 11) is 3.38. The maximum atomic E-state index is 12.2. The predicted octanol–water partition coefficient (Wildman–Crippen LogP) is 3.15. The fourth-order valence-corrected chi connectivity index (χ4v) is 3.10. The minimum Gasteiger partial charge on any atom is -0.495 e. The number of methoxy groups -OCH3 is 1. The molecule has 0 aliphatic carbocycles. The zero-order valence-electron chi connectivity index (χ0n) is 16.6. The first kappa shape index (κ1) is 20.6. The summed E-state index contributed by atoms with van der Waals surface area (Å²) in [4.78, 5) is 20.9. The van der Waals surface area contributed by atoms with Gasteiger partial charge in [0.1, 0.15) is 5.75 Å². The standard InChI is InChI=1S/C20H23ClN6O2/c1-4-22-19(28)15-7-14(18(21)17(8-15)29-3)6-5-13-9-23-20(24-10-13)26-16-11-25-27(2)12-16/h7-12H,4-6H2,1-3H3,(H,22,28)(H,23,24,26). The lowest BCUT2D eigenvalue weighted by Gasteiger charge is -2.12. The first-order chi connectivity index (χ1) is 14.0. The van der Waals surface area contributed by atoms with Gasteiger partial charge in [-0.15, -0.1) is 0 Å². The van der Waals surface area contributed by atoms with Gasteiger partial charge in [0, 0.05) is 37.7 Å². The normalized spacial score (nSPS) is 10.6. The molecule has 0 saturated carbocycles. The fourth-order valence-electron chi connectivity index (χ4n) is 2.82. The van der Waals surface area contributed by atoms with Crippen LogP contribution in [0.1, 0.15) is 28.4 Å². The van der Waals surface area contributed by atoms with Crippen molar-refractivity contribution >= 4 is 29.1 Å². The van der Waals surface area contributed by atoms with Gasteiger partial charge in [-0.1, -0.05) is 11.6 Å². The number of carbonyl (C=O) groups is 1. The smallest absolute Gasteiger partial charge is 0.251 e. The van der Waals surface area contributed by atoms with Crippen LogP contribution in [0.4, 0.5) is 11.6 Å². The number of nitrogens with zero attached hydrogens (tertiary/aromatic N) is 4. The van der Waals surface area contributed by atoms with E-state index in [0.717, 1.165) is 16.8 Å². The van der Waals surface area contributed by atoms with Crippen LogP contribution in [0.25, 0.3) is 0 Å². The molecule has 2 aromatic heterocycles. The lowest BCUT2D eigenvalue weighted by atomic mass is 10.0. The summed E-state index contributed by atoms with van der Waals surface area (Å²) in [6.45, 7) is 2.43. The van der Waals surface area contributed by atoms with Gasteiger partial charge in [-0.05, 0) is 43.0 Å². The van der Waals surface area contributed by atoms with Gasteiger partial charge in [0.15, 0.2) is 0 Å². The van der Waals surface area contributed by atoms with Crippen LogP contribution in [0.15, 0.2) is 36.9 Å². The molecule has 0 saturated heterocycles. The average Bonchev–Trinajstić information content (AvgIpc) is 3.13. The third-order valence-corrected chi connectivity index (χ3v) is 4.71. The zero-order chi connectivity index (χ0) is 20.8. The lowest BCUT2D eigenvalue weighted by Crippen LogP contribution is -2.22. The van der Waals surface area contributed by atoms with Gasteiger partial charge < -0.3 is 15.4 Å². The van der Waals surface area contributed by atoms with Crippen molar-refractivity contribution in [3.8, 4) is 5.75 Å². The summed E-state index contributed by atoms with van der Waals surface area (Å²) in [6.07, 6.45) is 8.38. The molecule has 2 heterocycles. The number of aryl methyl sites for hydroxylation is 3. The number of benzene rings is 1. The van der Waals surface area contributed by atoms with E-state index in [9.17, 15) is 4.79 Å². The molecular formula is C20H23ClN6O2. The third kappa shape index (κ3) is 5.23. The van der Waals surface area contributed by atoms with E-state index in [2.05, 4.69) is 25.7 Å². The van der Waals surface area contributed by atoms with Gasteiger partial charge in [-0.3, -0.25) is 9.48 Å². The Morgan fingerprint density at radius 2 is 1.97 bits per heavy atom. The van der Waals surface area contributed by atoms with Crippen LogP contribution in [0, 0.1) is 0 Å². The highest BCUT2D eigenvalue weighted by molar-refractivity contribution is 6.33. The van der Waals surface area contributed by atoms with Gasteiger partial charge in [0.25, 0.3) is 5.91 Å². The summed E-state index contributed by atoms with van der Waals surface area (Å²) in [5.74, 6) is 0.829. The van der Waals surface area contributed by atoms with Crippen molar-refractivity contribution in [1.82, 2.24) is 25.1 Å². The number of anilines is 2. The number of aromatic nitrogens is 4. The largest absolute Gasteiger partial charge is 0.495 e. The monoisotopic (exact) mass is 414 g/mol. The second-order valence-electron chi connectivity index (χ2n) is 6.45. The van der Waals surface area contributed by atoms with E-state index in [1.807, 2.05) is 20.2 Å². The highest BCUT2D eigenvalue weighted by Gasteiger charge is 2.14. The van der Waals surface area contributed by atoms with E-state index in [4.69, 9.17) is 16.3 Å². The SMILES string of the molecule is CCNC(=O)c1cc(CCc2cnc(Nc3cnn(C)c3)nc2)c(Cl)c(OC)c1. The summed E-state index contributed by atoms with van der Waals surface area (Å²) < 4.78 is 7.03. The van der Waals surface area contributed by atoms with Crippen molar-refractivity contribution in [3.05, 3.63) is 58.6 Å². The van der Waals surface area contributed by atoms with Crippen molar-refractivity contribution in [2.75, 3.05) is 19.0 Å². The first-order valence-corrected chi connectivity index (χ1v) is 9.59. The van der Waals surface area contributed by atoms with Gasteiger partial charge in [-0.2, -0.15) is 5.10 Å². The van der Waals surface area contributed by atoms with Crippen molar-refractivity contribution in [2.24, 2.45) is 7.05 Å². The van der Waals surface area contributed by atoms with E-state index in [0.29, 0.717) is 41.7 Å². The maximum Gasteiger partial charge on any atom is 0.251 e. The Balaban J connectivity index is 1.70. The molecule has 0 bridgehead atoms. The van der Waals surface area contributed by atoms with Crippen LogP contribution in [0.2, 0.25) is 5.02 Å². The van der Waals surface area contributed by atoms with E-state index < -0.39 is 0 Å². The Morgan fingerprint density at radius 3 is 2.59 bits per heavy atom. The summed E-state index contributed by atoms with van der Waals surface area (Å²) in [6, 6.07) is 3.45. The molecule has 9 heteroatoms. The van der Waals surface area contributed by atoms with Crippen molar-refractivity contribution < 1.29 is 9.53 Å². The Hall–Kier alpha value is -3.13. The van der Waals surface area contributed by atoms with Gasteiger partial charge in [0.05, 0.1) is 24.0 Å². The summed E-state index contributed by atoms with van der Waals surface area (Å²) in [5, 5.41) is 10.5. The van der Waals surface area contributed by atoms with Crippen LogP contribution in [-0.2, 0) is 19.9 Å². The number of amides is 1. The molecule has 0 atom stereocenters. The minimum atomic E-state index is -0.155. The third-order valence-electron chi connectivity index (χ3n) is 4.28. The second-order valence-corrected chi connectivity index (χ2v) is 6.83. The van der Waals surface area contributed by atoms with Crippen molar-refractivity contribution in [2.45, 2.75) is 19.8 Å². The fraction of sp³-hybridized carbons (Fsp3) is 0.300. The summed E-state index contributed by atoms with van der Waals surface area (Å²) in [5.41, 5.74) is 3.14. The second kappa shape index (κ2) is 9.38. The topological polar surface area (TPSA) is 94.0 Å². The average molecular weight is 415 g/mol. The van der Waals surface area contributed by atoms with Crippen LogP contribution in [-0.4, -0.2) is 39.3 Å². The molecule has 29 heavy (non-hydrogen) atoms. The van der Waals surface area contributed by atoms with E-state index in [1.54, 1.807) is 35.4 Å². The molecule has 1 amide bonds. The summed E-state index contributed by atoms with van der Waals surface area (Å²) >= 11 is 6.44. The van der Waals surface area contributed by atoms with Crippen LogP contribution >= 0.6 is 11.6 Å². The van der Waals surface area contributed by atoms with Crippen molar-refractivity contribution in [3.63, 3.8) is 0 Å². The van der Waals surface area contributed by atoms with E-state index in [-0.39, 0.29) is 5.91 Å². The maximum absolute atomic E-state index is 12.2. The van der Waals surface area contributed by atoms with Gasteiger partial charge in [-0.25, -0.2) is 9.97 Å². The molecule has 0 aliphatic heterocycles. The minimum absolute atomic E-state index is 0.155. The van der Waals surface area contributed by atoms with Gasteiger partial charge in [0.2, 0.25) is 5.95 Å². The van der Waals surface area contributed by atoms with Gasteiger partial charge >= 0.3 is 0 Å². The Bertz CT molecular complexity index is 987. The molecule has 0 aliphatic rings. The molecule has 3 rings (SSSR count). The highest BCUT2D eigenvalue weighted by Crippen LogP contribution is 2.31. The molecule has 152 valence electrons. The molecule has 0 fully saturated rings. The van der Waals surface area contributed by atoms with Crippen LogP contribution in [0.3, 0.4) is 0 Å². The molecular weight excluding hydrogens is 392 g/mol. The number of rotatable bonds is 8. The number of hydrogen-bond donors (Lipinski definition) is 2. The highest BCUT2D eigenvalue weighted by atomic mass is 35.5. The zero-order valence-corrected chi connectivity index (χ0v) is 17.3. The number of ether oxygens (including phenoxy) is 1. The number of hydrogen-bond acceptors (Lipinski definition) is 6. The first-order valence-electron chi connectivity index (χ1n) is 9.21. The Kier molecular flexibility index (Phi) is 6.66. The number of nitrogens with one attached hydrogen (secondary N) is 2. The molecule has 2 N–H and O–H groups in total. The predicted molar refractivity (Wildman–Crippen MR) is 112 cm³/mol. The van der Waals surface area contributed by atoms with Crippen LogP contribution in [0.5, 0.6) is 5.75 Å². The Morgan fingerprint density at radius 1 is 1.21 bits per heavy atom. The van der Waals surface area contributed by atoms with E-state index in [1.165, 1.54) is 7.11 Å². The molecule has 0 unspecified atom stereocenters. The number of halogens is 1.